The number of benzene rings is 2. The molecular weight excluding hydrogens is 599 g/mol. The topological polar surface area (TPSA) is 0 Å². The van der Waals surface area contributed by atoms with Gasteiger partial charge in [0.1, 0.15) is 0 Å². The molecule has 43 heavy (non-hydrogen) atoms. The van der Waals surface area contributed by atoms with Gasteiger partial charge in [0.25, 0.3) is 0 Å². The van der Waals surface area contributed by atoms with Gasteiger partial charge in [-0.1, -0.05) is 84.3 Å². The smallest absolute Gasteiger partial charge is 0.194 e. The number of halogens is 6. The van der Waals surface area contributed by atoms with Crippen molar-refractivity contribution in [3.05, 3.63) is 127 Å². The highest BCUT2D eigenvalue weighted by Crippen LogP contribution is 2.66. The van der Waals surface area contributed by atoms with Gasteiger partial charge in [-0.05, 0) is 72.5 Å². The SMILES string of the molecule is Cc1cc(C#CC=Cc2ccccc2)sc1C1=C(c2sc(C#CC=Cc3ccccc3)cc2C)C(F)(F)C(F)(F)C1(F)F. The lowest BCUT2D eigenvalue weighted by Crippen LogP contribution is -2.48. The van der Waals surface area contributed by atoms with Crippen LogP contribution in [0, 0.1) is 37.5 Å². The fourth-order valence-electron chi connectivity index (χ4n) is 4.55. The highest BCUT2D eigenvalue weighted by Gasteiger charge is 2.80. The van der Waals surface area contributed by atoms with Crippen LogP contribution in [0.15, 0.2) is 84.9 Å². The first kappa shape index (κ1) is 30.2. The normalized spacial score (nSPS) is 16.7. The minimum atomic E-state index is -5.63. The molecule has 2 heterocycles. The van der Waals surface area contributed by atoms with Gasteiger partial charge in [-0.3, -0.25) is 0 Å². The third-order valence-corrected chi connectivity index (χ3v) is 9.00. The van der Waals surface area contributed by atoms with E-state index in [9.17, 15) is 8.78 Å². The quantitative estimate of drug-likeness (QED) is 0.157. The molecule has 0 fully saturated rings. The monoisotopic (exact) mass is 620 g/mol. The van der Waals surface area contributed by atoms with Crippen LogP contribution in [0.5, 0.6) is 0 Å². The number of alkyl halides is 6. The van der Waals surface area contributed by atoms with Crippen LogP contribution < -0.4 is 0 Å². The molecule has 4 aromatic rings. The van der Waals surface area contributed by atoms with E-state index >= 15 is 17.6 Å². The summed E-state index contributed by atoms with van der Waals surface area (Å²) in [5.74, 6) is -4.72. The zero-order chi connectivity index (χ0) is 30.8. The molecule has 0 bridgehead atoms. The minimum Gasteiger partial charge on any atom is -0.194 e. The van der Waals surface area contributed by atoms with Crippen LogP contribution in [0.2, 0.25) is 0 Å². The second kappa shape index (κ2) is 11.8. The van der Waals surface area contributed by atoms with Crippen molar-refractivity contribution in [2.24, 2.45) is 0 Å². The first-order valence-electron chi connectivity index (χ1n) is 13.0. The van der Waals surface area contributed by atoms with Gasteiger partial charge in [0.05, 0.1) is 20.9 Å². The van der Waals surface area contributed by atoms with Crippen LogP contribution in [-0.2, 0) is 0 Å². The minimum absolute atomic E-state index is 0.155. The summed E-state index contributed by atoms with van der Waals surface area (Å²) in [7, 11) is 0. The molecule has 0 unspecified atom stereocenters. The summed E-state index contributed by atoms with van der Waals surface area (Å²) in [5, 5.41) is 0. The third-order valence-electron chi connectivity index (χ3n) is 6.66. The van der Waals surface area contributed by atoms with Crippen LogP contribution >= 0.6 is 22.7 Å². The Balaban J connectivity index is 1.55. The van der Waals surface area contributed by atoms with Gasteiger partial charge in [-0.2, -0.15) is 26.3 Å². The van der Waals surface area contributed by atoms with Gasteiger partial charge in [0.15, 0.2) is 0 Å². The molecule has 0 aliphatic heterocycles. The second-order valence-corrected chi connectivity index (χ2v) is 11.8. The van der Waals surface area contributed by atoms with Gasteiger partial charge in [-0.25, -0.2) is 0 Å². The maximum Gasteiger partial charge on any atom is 0.380 e. The average molecular weight is 621 g/mol. The Morgan fingerprint density at radius 3 is 1.33 bits per heavy atom. The summed E-state index contributed by atoms with van der Waals surface area (Å²) < 4.78 is 91.2. The molecular formula is C35H22F6S2. The van der Waals surface area contributed by atoms with Gasteiger partial charge in [0, 0.05) is 9.75 Å². The predicted octanol–water partition coefficient (Wildman–Crippen LogP) is 10.4. The number of hydrogen-bond acceptors (Lipinski definition) is 2. The van der Waals surface area contributed by atoms with Crippen molar-refractivity contribution >= 4 is 46.0 Å². The van der Waals surface area contributed by atoms with Crippen molar-refractivity contribution in [1.82, 2.24) is 0 Å². The van der Waals surface area contributed by atoms with E-state index in [0.717, 1.165) is 11.1 Å². The number of thiophene rings is 2. The number of allylic oxidation sites excluding steroid dienone is 4. The summed E-state index contributed by atoms with van der Waals surface area (Å²) in [4.78, 5) is -0.129. The summed E-state index contributed by atoms with van der Waals surface area (Å²) in [6.45, 7) is 2.84. The highest BCUT2D eigenvalue weighted by molar-refractivity contribution is 7.15. The molecule has 0 saturated heterocycles. The molecule has 2 aromatic heterocycles. The Bertz CT molecular complexity index is 1730. The van der Waals surface area contributed by atoms with E-state index in [1.807, 2.05) is 60.7 Å². The van der Waals surface area contributed by atoms with Crippen molar-refractivity contribution in [2.45, 2.75) is 31.6 Å². The molecule has 0 spiro atoms. The molecule has 5 rings (SSSR count). The van der Waals surface area contributed by atoms with E-state index in [1.165, 1.54) is 26.0 Å². The third kappa shape index (κ3) is 5.73. The van der Waals surface area contributed by atoms with E-state index in [2.05, 4.69) is 23.7 Å². The summed E-state index contributed by atoms with van der Waals surface area (Å²) in [6, 6.07) is 21.5. The Morgan fingerprint density at radius 2 is 0.953 bits per heavy atom. The molecule has 1 aliphatic rings. The van der Waals surface area contributed by atoms with E-state index in [1.54, 1.807) is 24.3 Å². The van der Waals surface area contributed by atoms with E-state index in [-0.39, 0.29) is 30.6 Å². The lowest BCUT2D eigenvalue weighted by Gasteiger charge is -2.25. The lowest BCUT2D eigenvalue weighted by molar-refractivity contribution is -0.254. The first-order valence-corrected chi connectivity index (χ1v) is 14.6. The molecule has 0 nitrogen and oxygen atoms in total. The molecule has 0 atom stereocenters. The Hall–Kier alpha value is -4.24. The van der Waals surface area contributed by atoms with Gasteiger partial charge in [0.2, 0.25) is 0 Å². The maximum absolute atomic E-state index is 15.4. The summed E-state index contributed by atoms with van der Waals surface area (Å²) in [5.41, 5.74) is -0.637. The second-order valence-electron chi connectivity index (χ2n) is 9.75. The fourth-order valence-corrected chi connectivity index (χ4v) is 6.79. The van der Waals surface area contributed by atoms with Crippen molar-refractivity contribution in [1.29, 1.82) is 0 Å². The van der Waals surface area contributed by atoms with E-state index in [4.69, 9.17) is 0 Å². The summed E-state index contributed by atoms with van der Waals surface area (Å²) >= 11 is 1.38. The van der Waals surface area contributed by atoms with Crippen LogP contribution in [-0.4, -0.2) is 17.8 Å². The number of rotatable bonds is 4. The van der Waals surface area contributed by atoms with Gasteiger partial charge >= 0.3 is 17.8 Å². The Morgan fingerprint density at radius 1 is 0.581 bits per heavy atom. The van der Waals surface area contributed by atoms with Crippen molar-refractivity contribution in [3.63, 3.8) is 0 Å². The average Bonchev–Trinajstić information content (AvgIpc) is 3.55. The van der Waals surface area contributed by atoms with Gasteiger partial charge in [-0.15, -0.1) is 22.7 Å². The zero-order valence-electron chi connectivity index (χ0n) is 22.8. The highest BCUT2D eigenvalue weighted by atomic mass is 32.1. The van der Waals surface area contributed by atoms with E-state index < -0.39 is 28.9 Å². The molecule has 0 amide bonds. The maximum atomic E-state index is 15.4. The van der Waals surface area contributed by atoms with Crippen molar-refractivity contribution < 1.29 is 26.3 Å². The van der Waals surface area contributed by atoms with E-state index in [0.29, 0.717) is 22.7 Å². The summed E-state index contributed by atoms with van der Waals surface area (Å²) in [6.07, 6.45) is 6.62. The van der Waals surface area contributed by atoms with Crippen LogP contribution in [0.1, 0.15) is 41.8 Å². The van der Waals surface area contributed by atoms with Crippen LogP contribution in [0.4, 0.5) is 26.3 Å². The molecule has 1 aliphatic carbocycles. The molecule has 0 saturated carbocycles. The molecule has 2 aromatic carbocycles. The number of hydrogen-bond donors (Lipinski definition) is 0. The predicted molar refractivity (Wildman–Crippen MR) is 164 cm³/mol. The zero-order valence-corrected chi connectivity index (χ0v) is 24.5. The van der Waals surface area contributed by atoms with Crippen molar-refractivity contribution in [2.75, 3.05) is 0 Å². The molecule has 216 valence electrons. The van der Waals surface area contributed by atoms with Crippen LogP contribution in [0.25, 0.3) is 23.3 Å². The standard InChI is InChI=1S/C35H22F6S2/c1-23-21-27(19-11-9-17-25-13-5-3-6-14-25)42-31(23)29-30(34(38,39)35(40,41)33(29,36)37)32-24(2)22-28(43-32)20-12-10-18-26-15-7-4-8-16-26/h3-10,13-18,21-22H,1-2H3. The lowest BCUT2D eigenvalue weighted by atomic mass is 10.0. The molecule has 0 N–H and O–H groups in total. The number of aryl methyl sites for hydroxylation is 2. The molecule has 0 radical (unpaired) electrons. The molecule has 8 heteroatoms. The fraction of sp³-hybridized carbons (Fsp3) is 0.143. The first-order chi connectivity index (χ1) is 20.4. The Labute approximate surface area is 253 Å². The van der Waals surface area contributed by atoms with Crippen molar-refractivity contribution in [3.8, 4) is 23.7 Å². The van der Waals surface area contributed by atoms with Crippen LogP contribution in [0.3, 0.4) is 0 Å². The Kier molecular flexibility index (Phi) is 8.29. The van der Waals surface area contributed by atoms with Gasteiger partial charge < -0.3 is 0 Å². The largest absolute Gasteiger partial charge is 0.380 e.